The van der Waals surface area contributed by atoms with Gasteiger partial charge in [-0.3, -0.25) is 9.59 Å². The molecular weight excluding hydrogens is 514 g/mol. The van der Waals surface area contributed by atoms with Crippen molar-refractivity contribution in [1.29, 1.82) is 0 Å². The number of hydrogen-bond donors (Lipinski definition) is 4. The Morgan fingerprint density at radius 1 is 0.756 bits per heavy atom. The Bertz CT molecular complexity index is 1410. The first-order valence-electron chi connectivity index (χ1n) is 13.8. The van der Waals surface area contributed by atoms with Crippen molar-refractivity contribution in [3.05, 3.63) is 137 Å². The normalized spacial score (nSPS) is 13.0. The van der Waals surface area contributed by atoms with Crippen LogP contribution >= 0.6 is 0 Å². The SMILES string of the molecule is COc1cccc(CNC[C@@H](O)[C@H](Cc2ccccc2)NC(=O)c2cccc(C(=O)N[C@H](C)c3ccccc3)c2)c1. The molecule has 0 heterocycles. The van der Waals surface area contributed by atoms with Gasteiger partial charge in [0.25, 0.3) is 11.8 Å². The molecule has 7 nitrogen and oxygen atoms in total. The van der Waals surface area contributed by atoms with Gasteiger partial charge in [0.1, 0.15) is 5.75 Å². The van der Waals surface area contributed by atoms with Crippen LogP contribution in [0.4, 0.5) is 0 Å². The van der Waals surface area contributed by atoms with E-state index in [4.69, 9.17) is 4.74 Å². The lowest BCUT2D eigenvalue weighted by Crippen LogP contribution is -2.48. The molecule has 4 aromatic carbocycles. The molecule has 0 saturated carbocycles. The number of rotatable bonds is 13. The number of benzene rings is 4. The van der Waals surface area contributed by atoms with Gasteiger partial charge in [0.15, 0.2) is 0 Å². The molecule has 41 heavy (non-hydrogen) atoms. The largest absolute Gasteiger partial charge is 0.497 e. The molecule has 4 aromatic rings. The highest BCUT2D eigenvalue weighted by Gasteiger charge is 2.23. The Balaban J connectivity index is 1.42. The molecule has 0 spiro atoms. The van der Waals surface area contributed by atoms with Crippen molar-refractivity contribution in [2.75, 3.05) is 13.7 Å². The molecule has 0 radical (unpaired) electrons. The Labute approximate surface area is 241 Å². The minimum atomic E-state index is -0.858. The molecule has 3 atom stereocenters. The Kier molecular flexibility index (Phi) is 10.7. The predicted octanol–water partition coefficient (Wildman–Crippen LogP) is 4.68. The van der Waals surface area contributed by atoms with Crippen molar-refractivity contribution < 1.29 is 19.4 Å². The van der Waals surface area contributed by atoms with Gasteiger partial charge in [0.2, 0.25) is 0 Å². The quantitative estimate of drug-likeness (QED) is 0.193. The molecule has 0 aliphatic rings. The monoisotopic (exact) mass is 551 g/mol. The van der Waals surface area contributed by atoms with E-state index >= 15 is 0 Å². The lowest BCUT2D eigenvalue weighted by atomic mass is 10.00. The molecule has 0 bridgehead atoms. The van der Waals surface area contributed by atoms with Gasteiger partial charge in [-0.2, -0.15) is 0 Å². The lowest BCUT2D eigenvalue weighted by Gasteiger charge is -2.25. The van der Waals surface area contributed by atoms with E-state index in [-0.39, 0.29) is 24.4 Å². The summed E-state index contributed by atoms with van der Waals surface area (Å²) in [7, 11) is 1.63. The zero-order chi connectivity index (χ0) is 29.0. The number of aliphatic hydroxyl groups is 1. The zero-order valence-corrected chi connectivity index (χ0v) is 23.4. The fourth-order valence-electron chi connectivity index (χ4n) is 4.60. The number of ether oxygens (including phenoxy) is 1. The third-order valence-corrected chi connectivity index (χ3v) is 6.93. The summed E-state index contributed by atoms with van der Waals surface area (Å²) in [6.45, 7) is 2.73. The van der Waals surface area contributed by atoms with Gasteiger partial charge < -0.3 is 25.8 Å². The smallest absolute Gasteiger partial charge is 0.251 e. The highest BCUT2D eigenvalue weighted by atomic mass is 16.5. The lowest BCUT2D eigenvalue weighted by molar-refractivity contribution is 0.0830. The fourth-order valence-corrected chi connectivity index (χ4v) is 4.60. The average molecular weight is 552 g/mol. The number of carbonyl (C=O) groups is 2. The summed E-state index contributed by atoms with van der Waals surface area (Å²) in [4.78, 5) is 26.3. The number of hydrogen-bond acceptors (Lipinski definition) is 5. The number of amides is 2. The Morgan fingerprint density at radius 2 is 1.37 bits per heavy atom. The summed E-state index contributed by atoms with van der Waals surface area (Å²) in [6.07, 6.45) is -0.411. The first-order valence-corrected chi connectivity index (χ1v) is 13.8. The van der Waals surface area contributed by atoms with E-state index in [9.17, 15) is 14.7 Å². The van der Waals surface area contributed by atoms with Gasteiger partial charge in [-0.1, -0.05) is 78.9 Å². The van der Waals surface area contributed by atoms with Gasteiger partial charge in [-0.05, 0) is 60.4 Å². The number of aliphatic hydroxyl groups excluding tert-OH is 1. The third-order valence-electron chi connectivity index (χ3n) is 6.93. The molecule has 0 fully saturated rings. The summed E-state index contributed by atoms with van der Waals surface area (Å²) in [5.74, 6) is 0.145. The van der Waals surface area contributed by atoms with Crippen LogP contribution in [0.3, 0.4) is 0 Å². The first kappa shape index (κ1) is 29.5. The second kappa shape index (κ2) is 14.8. The second-order valence-corrected chi connectivity index (χ2v) is 10.0. The first-order chi connectivity index (χ1) is 19.9. The van der Waals surface area contributed by atoms with Crippen LogP contribution in [0.2, 0.25) is 0 Å². The number of nitrogens with one attached hydrogen (secondary N) is 3. The van der Waals surface area contributed by atoms with Crippen molar-refractivity contribution in [3.8, 4) is 5.75 Å². The van der Waals surface area contributed by atoms with Gasteiger partial charge in [0.05, 0.1) is 25.3 Å². The number of carbonyl (C=O) groups excluding carboxylic acids is 2. The van der Waals surface area contributed by atoms with E-state index in [2.05, 4.69) is 16.0 Å². The van der Waals surface area contributed by atoms with Gasteiger partial charge >= 0.3 is 0 Å². The summed E-state index contributed by atoms with van der Waals surface area (Å²) in [5.41, 5.74) is 3.75. The van der Waals surface area contributed by atoms with E-state index in [0.717, 1.165) is 22.4 Å². The minimum absolute atomic E-state index is 0.184. The molecule has 4 rings (SSSR count). The van der Waals surface area contributed by atoms with E-state index < -0.39 is 12.1 Å². The standard InChI is InChI=1S/C34H37N3O4/c1-24(27-14-7-4-8-15-27)36-33(39)28-16-10-17-29(21-28)34(40)37-31(20-25-11-5-3-6-12-25)32(38)23-35-22-26-13-9-18-30(19-26)41-2/h3-19,21,24,31-32,35,38H,20,22-23H2,1-2H3,(H,36,39)(H,37,40)/t24-,31+,32-/m1/s1. The van der Waals surface area contributed by atoms with Crippen LogP contribution in [-0.2, 0) is 13.0 Å². The Hall–Kier alpha value is -4.46. The van der Waals surface area contributed by atoms with Gasteiger partial charge in [-0.15, -0.1) is 0 Å². The summed E-state index contributed by atoms with van der Waals surface area (Å²) >= 11 is 0. The molecule has 0 aromatic heterocycles. The van der Waals surface area contributed by atoms with Crippen molar-refractivity contribution in [1.82, 2.24) is 16.0 Å². The molecule has 212 valence electrons. The van der Waals surface area contributed by atoms with Crippen molar-refractivity contribution in [3.63, 3.8) is 0 Å². The Morgan fingerprint density at radius 3 is 2.05 bits per heavy atom. The average Bonchev–Trinajstić information content (AvgIpc) is 3.01. The molecule has 0 aliphatic carbocycles. The predicted molar refractivity (Wildman–Crippen MR) is 161 cm³/mol. The van der Waals surface area contributed by atoms with Crippen LogP contribution in [0.5, 0.6) is 5.75 Å². The maximum Gasteiger partial charge on any atom is 0.251 e. The van der Waals surface area contributed by atoms with E-state index in [0.29, 0.717) is 24.1 Å². The molecule has 0 aliphatic heterocycles. The van der Waals surface area contributed by atoms with Crippen LogP contribution in [0.15, 0.2) is 109 Å². The van der Waals surface area contributed by atoms with Crippen LogP contribution in [0.25, 0.3) is 0 Å². The van der Waals surface area contributed by atoms with Crippen LogP contribution < -0.4 is 20.7 Å². The molecule has 4 N–H and O–H groups in total. The topological polar surface area (TPSA) is 99.7 Å². The number of methoxy groups -OCH3 is 1. The highest BCUT2D eigenvalue weighted by Crippen LogP contribution is 2.15. The van der Waals surface area contributed by atoms with Crippen LogP contribution in [0, 0.1) is 0 Å². The minimum Gasteiger partial charge on any atom is -0.497 e. The molecule has 7 heteroatoms. The molecule has 2 amide bonds. The van der Waals surface area contributed by atoms with Crippen molar-refractivity contribution in [2.45, 2.75) is 38.1 Å². The maximum absolute atomic E-state index is 13.3. The van der Waals surface area contributed by atoms with E-state index in [1.54, 1.807) is 31.4 Å². The second-order valence-electron chi connectivity index (χ2n) is 10.0. The van der Waals surface area contributed by atoms with Gasteiger partial charge in [-0.25, -0.2) is 0 Å². The summed E-state index contributed by atoms with van der Waals surface area (Å²) < 4.78 is 5.29. The van der Waals surface area contributed by atoms with Gasteiger partial charge in [0, 0.05) is 24.2 Å². The highest BCUT2D eigenvalue weighted by molar-refractivity contribution is 5.99. The van der Waals surface area contributed by atoms with E-state index in [1.807, 2.05) is 91.9 Å². The summed E-state index contributed by atoms with van der Waals surface area (Å²) in [5, 5.41) is 20.4. The fraction of sp³-hybridized carbons (Fsp3) is 0.235. The van der Waals surface area contributed by atoms with Crippen molar-refractivity contribution >= 4 is 11.8 Å². The van der Waals surface area contributed by atoms with Crippen LogP contribution in [-0.4, -0.2) is 42.7 Å². The van der Waals surface area contributed by atoms with E-state index in [1.165, 1.54) is 0 Å². The van der Waals surface area contributed by atoms with Crippen molar-refractivity contribution in [2.24, 2.45) is 0 Å². The summed E-state index contributed by atoms with van der Waals surface area (Å²) in [6, 6.07) is 33.0. The molecule has 0 unspecified atom stereocenters. The zero-order valence-electron chi connectivity index (χ0n) is 23.4. The molecular formula is C34H37N3O4. The maximum atomic E-state index is 13.3. The third kappa shape index (κ3) is 8.76. The van der Waals surface area contributed by atoms with Crippen LogP contribution in [0.1, 0.15) is 50.4 Å². The molecule has 0 saturated heterocycles.